The van der Waals surface area contributed by atoms with Gasteiger partial charge in [-0.25, -0.2) is 0 Å². The van der Waals surface area contributed by atoms with E-state index in [9.17, 15) is 14.4 Å². The maximum absolute atomic E-state index is 10.6. The van der Waals surface area contributed by atoms with Gasteiger partial charge in [-0.1, -0.05) is 11.8 Å². The van der Waals surface area contributed by atoms with Crippen LogP contribution < -0.4 is 11.1 Å². The Hall–Kier alpha value is -3.45. The van der Waals surface area contributed by atoms with Gasteiger partial charge in [-0.05, 0) is 48.5 Å². The van der Waals surface area contributed by atoms with Gasteiger partial charge in [0.1, 0.15) is 0 Å². The number of hydrogen-bond donors (Lipinski definition) is 2. The number of nitrogens with one attached hydrogen (secondary N) is 1. The van der Waals surface area contributed by atoms with Crippen molar-refractivity contribution in [3.63, 3.8) is 0 Å². The second kappa shape index (κ2) is 18.6. The van der Waals surface area contributed by atoms with Crippen LogP contribution in [-0.4, -0.2) is 23.2 Å². The number of rotatable bonds is 1. The Bertz CT molecular complexity index is 885. The van der Waals surface area contributed by atoms with E-state index in [0.717, 1.165) is 22.5 Å². The van der Waals surface area contributed by atoms with Gasteiger partial charge in [-0.15, -0.1) is 36.0 Å². The van der Waals surface area contributed by atoms with Crippen LogP contribution in [0.15, 0.2) is 48.5 Å². The molecule has 0 unspecified atom stereocenters. The smallest absolute Gasteiger partial charge is 0.310 e. The Morgan fingerprint density at radius 2 is 1.23 bits per heavy atom. The van der Waals surface area contributed by atoms with Crippen LogP contribution in [0.5, 0.6) is 0 Å². The average Bonchev–Trinajstić information content (AvgIpc) is 2.69. The van der Waals surface area contributed by atoms with Crippen LogP contribution in [0.2, 0.25) is 0 Å². The van der Waals surface area contributed by atoms with Crippen LogP contribution in [0.1, 0.15) is 31.9 Å². The van der Waals surface area contributed by atoms with E-state index in [-0.39, 0.29) is 11.2 Å². The summed E-state index contributed by atoms with van der Waals surface area (Å²) in [5.41, 5.74) is 8.60. The van der Waals surface area contributed by atoms with Gasteiger partial charge in [-0.2, -0.15) is 0 Å². The first kappa shape index (κ1) is 29.7. The van der Waals surface area contributed by atoms with Crippen molar-refractivity contribution in [2.24, 2.45) is 0 Å². The second-order valence-corrected chi connectivity index (χ2v) is 6.16. The van der Waals surface area contributed by atoms with Gasteiger partial charge in [0, 0.05) is 43.3 Å². The quantitative estimate of drug-likeness (QED) is 0.215. The van der Waals surface area contributed by atoms with Crippen molar-refractivity contribution in [2.45, 2.75) is 20.8 Å². The van der Waals surface area contributed by atoms with Crippen LogP contribution >= 0.6 is 23.2 Å². The number of esters is 2. The zero-order valence-electron chi connectivity index (χ0n) is 17.4. The summed E-state index contributed by atoms with van der Waals surface area (Å²) in [7, 11) is 0. The number of nitrogen functional groups attached to an aromatic ring is 1. The predicted octanol–water partition coefficient (Wildman–Crippen LogP) is 4.39. The Balaban J connectivity index is 0. The largest absolute Gasteiger partial charge is 0.399 e. The van der Waals surface area contributed by atoms with E-state index in [2.05, 4.69) is 21.9 Å². The molecule has 2 aromatic carbocycles. The molecule has 0 fully saturated rings. The van der Waals surface area contributed by atoms with E-state index in [1.165, 1.54) is 20.8 Å². The van der Waals surface area contributed by atoms with Crippen LogP contribution in [0.3, 0.4) is 0 Å². The van der Waals surface area contributed by atoms with E-state index < -0.39 is 11.9 Å². The fourth-order valence-electron chi connectivity index (χ4n) is 1.63. The third-order valence-electron chi connectivity index (χ3n) is 2.74. The van der Waals surface area contributed by atoms with E-state index in [1.54, 1.807) is 36.4 Å². The molecule has 0 aliphatic carbocycles. The van der Waals surface area contributed by atoms with Gasteiger partial charge < -0.3 is 15.8 Å². The Morgan fingerprint density at radius 1 is 0.871 bits per heavy atom. The summed E-state index contributed by atoms with van der Waals surface area (Å²) in [5, 5.41) is 2.84. The molecule has 0 spiro atoms. The predicted molar refractivity (Wildman–Crippen MR) is 126 cm³/mol. The number of anilines is 2. The fraction of sp³-hybridized carbons (Fsp3) is 0.174. The molecular weight excluding hydrogens is 439 g/mol. The third-order valence-corrected chi connectivity index (χ3v) is 2.74. The Kier molecular flexibility index (Phi) is 17.8. The lowest BCUT2D eigenvalue weighted by Gasteiger charge is -2.00. The van der Waals surface area contributed by atoms with Crippen molar-refractivity contribution in [3.05, 3.63) is 59.7 Å². The van der Waals surface area contributed by atoms with Gasteiger partial charge in [0.15, 0.2) is 0 Å². The molecule has 0 saturated carbocycles. The zero-order chi connectivity index (χ0) is 24.2. The molecule has 6 nitrogen and oxygen atoms in total. The minimum absolute atomic E-state index is 0.0801. The SMILES string of the molecule is C#Cc1ccc(N)cc1.C#Cc1ccc(NC(C)=O)cc1.CC(=O)OC(C)=O.ClCCl. The molecule has 0 saturated heterocycles. The molecule has 0 aliphatic heterocycles. The molecular formula is C23H24Cl2N2O4. The first-order valence-electron chi connectivity index (χ1n) is 8.56. The lowest BCUT2D eigenvalue weighted by molar-refractivity contribution is -0.156. The second-order valence-electron chi connectivity index (χ2n) is 5.36. The molecule has 2 rings (SSSR count). The first-order valence-corrected chi connectivity index (χ1v) is 9.63. The molecule has 0 aromatic heterocycles. The summed E-state index contributed by atoms with van der Waals surface area (Å²) in [5.74, 6) is 3.79. The highest BCUT2D eigenvalue weighted by Crippen LogP contribution is 2.08. The number of amides is 1. The van der Waals surface area contributed by atoms with E-state index in [1.807, 2.05) is 12.1 Å². The number of halogens is 2. The van der Waals surface area contributed by atoms with E-state index in [0.29, 0.717) is 0 Å². The molecule has 0 heterocycles. The topological polar surface area (TPSA) is 98.5 Å². The maximum Gasteiger partial charge on any atom is 0.310 e. The number of alkyl halides is 2. The maximum atomic E-state index is 10.6. The normalized spacial score (nSPS) is 8.10. The van der Waals surface area contributed by atoms with Gasteiger partial charge in [0.25, 0.3) is 0 Å². The standard InChI is InChI=1S/C10H9NO.C8H7N.C4H6O3.CH2Cl2/c1-3-9-4-6-10(7-5-9)11-8(2)12;1-2-7-3-5-8(9)6-4-7;1-3(5)7-4(2)6;2-1-3/h1,4-7H,2H3,(H,11,12);1,3-6H,9H2;1-2H3;1H2. The summed E-state index contributed by atoms with van der Waals surface area (Å²) in [6.07, 6.45) is 10.3. The summed E-state index contributed by atoms with van der Waals surface area (Å²) >= 11 is 9.53. The Labute approximate surface area is 193 Å². The van der Waals surface area contributed by atoms with Crippen LogP contribution in [0.4, 0.5) is 11.4 Å². The van der Waals surface area contributed by atoms with Gasteiger partial charge in [0.2, 0.25) is 5.91 Å². The molecule has 0 radical (unpaired) electrons. The lowest BCUT2D eigenvalue weighted by atomic mass is 10.2. The summed E-state index contributed by atoms with van der Waals surface area (Å²) < 4.78 is 3.97. The van der Waals surface area contributed by atoms with Crippen molar-refractivity contribution in [3.8, 4) is 24.7 Å². The lowest BCUT2D eigenvalue weighted by Crippen LogP contribution is -2.05. The van der Waals surface area contributed by atoms with Gasteiger partial charge in [0.05, 0.1) is 5.34 Å². The molecule has 0 atom stereocenters. The number of ether oxygens (including phenoxy) is 1. The van der Waals surface area contributed by atoms with Crippen molar-refractivity contribution in [2.75, 3.05) is 16.4 Å². The van der Waals surface area contributed by atoms with Crippen molar-refractivity contribution < 1.29 is 19.1 Å². The molecule has 8 heteroatoms. The minimum atomic E-state index is -0.562. The average molecular weight is 463 g/mol. The van der Waals surface area contributed by atoms with Crippen LogP contribution in [0.25, 0.3) is 0 Å². The van der Waals surface area contributed by atoms with Crippen molar-refractivity contribution in [1.82, 2.24) is 0 Å². The Morgan fingerprint density at radius 3 is 1.48 bits per heavy atom. The van der Waals surface area contributed by atoms with E-state index >= 15 is 0 Å². The van der Waals surface area contributed by atoms with Gasteiger partial charge >= 0.3 is 11.9 Å². The third kappa shape index (κ3) is 19.6. The highest BCUT2D eigenvalue weighted by Gasteiger charge is 1.94. The monoisotopic (exact) mass is 462 g/mol. The van der Waals surface area contributed by atoms with Crippen LogP contribution in [0, 0.1) is 24.7 Å². The molecule has 0 aliphatic rings. The summed E-state index contributed by atoms with van der Waals surface area (Å²) in [6.45, 7) is 3.83. The zero-order valence-corrected chi connectivity index (χ0v) is 19.0. The summed E-state index contributed by atoms with van der Waals surface area (Å²) in [6, 6.07) is 14.3. The molecule has 164 valence electrons. The number of hydrogen-bond acceptors (Lipinski definition) is 5. The molecule has 1 amide bonds. The first-order chi connectivity index (χ1) is 14.6. The molecule has 0 bridgehead atoms. The number of benzene rings is 2. The number of terminal acetylenes is 2. The molecule has 2 aromatic rings. The highest BCUT2D eigenvalue weighted by atomic mass is 35.5. The molecule has 31 heavy (non-hydrogen) atoms. The number of nitrogens with two attached hydrogens (primary N) is 1. The number of carbonyl (C=O) groups excluding carboxylic acids is 3. The minimum Gasteiger partial charge on any atom is -0.399 e. The van der Waals surface area contributed by atoms with Gasteiger partial charge in [-0.3, -0.25) is 14.4 Å². The summed E-state index contributed by atoms with van der Waals surface area (Å²) in [4.78, 5) is 30.2. The highest BCUT2D eigenvalue weighted by molar-refractivity contribution is 6.40. The van der Waals surface area contributed by atoms with Crippen LogP contribution in [-0.2, 0) is 19.1 Å². The number of carbonyl (C=O) groups is 3. The fourth-order valence-corrected chi connectivity index (χ4v) is 1.63. The van der Waals surface area contributed by atoms with Crippen molar-refractivity contribution in [1.29, 1.82) is 0 Å². The molecule has 3 N–H and O–H groups in total. The van der Waals surface area contributed by atoms with E-state index in [4.69, 9.17) is 41.8 Å². The van der Waals surface area contributed by atoms with Crippen molar-refractivity contribution >= 4 is 52.4 Å².